The minimum atomic E-state index is -0.0641. The number of hydrogen-bond donors (Lipinski definition) is 1. The summed E-state index contributed by atoms with van der Waals surface area (Å²) in [6, 6.07) is 7.57. The molecule has 0 aromatic heterocycles. The van der Waals surface area contributed by atoms with Crippen LogP contribution in [0.3, 0.4) is 0 Å². The second-order valence-electron chi connectivity index (χ2n) is 6.87. The first-order chi connectivity index (χ1) is 10.5. The molecule has 0 amide bonds. The summed E-state index contributed by atoms with van der Waals surface area (Å²) in [5.41, 5.74) is 2.68. The number of carbonyl (C=O) groups excluding carboxylic acids is 1. The summed E-state index contributed by atoms with van der Waals surface area (Å²) in [6.07, 6.45) is 3.30. The Bertz CT molecular complexity index is 572. The van der Waals surface area contributed by atoms with Crippen LogP contribution in [-0.2, 0) is 9.53 Å². The van der Waals surface area contributed by atoms with Gasteiger partial charge < -0.3 is 10.1 Å². The number of esters is 1. The van der Waals surface area contributed by atoms with Gasteiger partial charge in [-0.05, 0) is 65.0 Å². The first-order valence-corrected chi connectivity index (χ1v) is 9.22. The first kappa shape index (κ1) is 16.2. The van der Waals surface area contributed by atoms with Crippen LogP contribution in [-0.4, -0.2) is 25.2 Å². The standard InChI is InChI=1S/C18H24INO2/c1-10(2)13-6-4-11(8-15(13)19)14-9-12-5-7-16(20-12)17(14)18(21)22-3/h4,6,8,10,12,14,16-17,20H,5,7,9H2,1-3H3/t12-,14+,16+,17-/m0/s1. The van der Waals surface area contributed by atoms with Crippen molar-refractivity contribution < 1.29 is 9.53 Å². The zero-order chi connectivity index (χ0) is 15.9. The Hall–Kier alpha value is -0.620. The predicted octanol–water partition coefficient (Wildman–Crippen LogP) is 3.81. The molecule has 0 unspecified atom stereocenters. The fourth-order valence-corrected chi connectivity index (χ4v) is 5.27. The van der Waals surface area contributed by atoms with Gasteiger partial charge in [-0.1, -0.05) is 26.0 Å². The highest BCUT2D eigenvalue weighted by molar-refractivity contribution is 14.1. The van der Waals surface area contributed by atoms with Gasteiger partial charge in [0.2, 0.25) is 0 Å². The predicted molar refractivity (Wildman–Crippen MR) is 96.1 cm³/mol. The van der Waals surface area contributed by atoms with Crippen LogP contribution in [0.4, 0.5) is 0 Å². The van der Waals surface area contributed by atoms with Crippen molar-refractivity contribution in [3.05, 3.63) is 32.9 Å². The molecule has 2 aliphatic heterocycles. The van der Waals surface area contributed by atoms with Crippen LogP contribution in [0.25, 0.3) is 0 Å². The highest BCUT2D eigenvalue weighted by Gasteiger charge is 2.46. The maximum Gasteiger partial charge on any atom is 0.310 e. The second-order valence-corrected chi connectivity index (χ2v) is 8.04. The number of ether oxygens (including phenoxy) is 1. The summed E-state index contributed by atoms with van der Waals surface area (Å²) >= 11 is 2.43. The molecular weight excluding hydrogens is 389 g/mol. The van der Waals surface area contributed by atoms with Crippen molar-refractivity contribution in [2.24, 2.45) is 5.92 Å². The minimum absolute atomic E-state index is 0.0514. The third-order valence-electron chi connectivity index (χ3n) is 5.23. The molecule has 22 heavy (non-hydrogen) atoms. The Balaban J connectivity index is 1.94. The molecule has 2 bridgehead atoms. The summed E-state index contributed by atoms with van der Waals surface area (Å²) in [4.78, 5) is 12.3. The number of benzene rings is 1. The molecule has 1 N–H and O–H groups in total. The molecule has 2 fully saturated rings. The zero-order valence-electron chi connectivity index (χ0n) is 13.4. The molecule has 1 aromatic carbocycles. The van der Waals surface area contributed by atoms with Gasteiger partial charge in [-0.25, -0.2) is 0 Å². The van der Waals surface area contributed by atoms with E-state index in [0.29, 0.717) is 12.0 Å². The van der Waals surface area contributed by atoms with Crippen molar-refractivity contribution in [2.45, 2.75) is 57.0 Å². The molecule has 120 valence electrons. The van der Waals surface area contributed by atoms with E-state index in [2.05, 4.69) is 60.0 Å². The maximum absolute atomic E-state index is 12.3. The summed E-state index contributed by atoms with van der Waals surface area (Å²) < 4.78 is 6.41. The van der Waals surface area contributed by atoms with E-state index in [0.717, 1.165) is 12.8 Å². The van der Waals surface area contributed by atoms with E-state index in [1.165, 1.54) is 28.2 Å². The molecule has 2 saturated heterocycles. The fourth-order valence-electron chi connectivity index (χ4n) is 4.10. The molecule has 0 saturated carbocycles. The van der Waals surface area contributed by atoms with Gasteiger partial charge in [-0.2, -0.15) is 0 Å². The lowest BCUT2D eigenvalue weighted by atomic mass is 9.76. The summed E-state index contributed by atoms with van der Waals surface area (Å²) in [7, 11) is 1.51. The van der Waals surface area contributed by atoms with Crippen LogP contribution in [0.1, 0.15) is 56.1 Å². The van der Waals surface area contributed by atoms with Gasteiger partial charge in [0.1, 0.15) is 0 Å². The van der Waals surface area contributed by atoms with Gasteiger partial charge in [-0.3, -0.25) is 4.79 Å². The molecule has 4 atom stereocenters. The molecule has 2 heterocycles. The van der Waals surface area contributed by atoms with Crippen molar-refractivity contribution in [3.63, 3.8) is 0 Å². The third kappa shape index (κ3) is 2.92. The molecule has 0 aliphatic carbocycles. The molecule has 4 heteroatoms. The van der Waals surface area contributed by atoms with Crippen molar-refractivity contribution >= 4 is 28.6 Å². The van der Waals surface area contributed by atoms with Gasteiger partial charge in [0, 0.05) is 21.6 Å². The maximum atomic E-state index is 12.3. The Morgan fingerprint density at radius 3 is 2.77 bits per heavy atom. The largest absolute Gasteiger partial charge is 0.469 e. The van der Waals surface area contributed by atoms with Crippen LogP contribution in [0.2, 0.25) is 0 Å². The molecule has 0 radical (unpaired) electrons. The van der Waals surface area contributed by atoms with Gasteiger partial charge in [0.05, 0.1) is 13.0 Å². The number of fused-ring (bicyclic) bond motifs is 2. The van der Waals surface area contributed by atoms with E-state index in [1.807, 2.05) is 0 Å². The van der Waals surface area contributed by atoms with E-state index in [-0.39, 0.29) is 23.8 Å². The lowest BCUT2D eigenvalue weighted by Gasteiger charge is -2.36. The first-order valence-electron chi connectivity index (χ1n) is 8.14. The molecule has 3 nitrogen and oxygen atoms in total. The highest BCUT2D eigenvalue weighted by Crippen LogP contribution is 2.43. The van der Waals surface area contributed by atoms with Gasteiger partial charge in [0.15, 0.2) is 0 Å². The molecule has 1 aromatic rings. The van der Waals surface area contributed by atoms with E-state index in [9.17, 15) is 4.79 Å². The Kier molecular flexibility index (Phi) is 4.78. The van der Waals surface area contributed by atoms with Gasteiger partial charge in [0.25, 0.3) is 0 Å². The van der Waals surface area contributed by atoms with Crippen molar-refractivity contribution in [2.75, 3.05) is 7.11 Å². The average molecular weight is 413 g/mol. The molecule has 0 spiro atoms. The van der Waals surface area contributed by atoms with E-state index in [4.69, 9.17) is 4.74 Å². The van der Waals surface area contributed by atoms with E-state index >= 15 is 0 Å². The highest BCUT2D eigenvalue weighted by atomic mass is 127. The van der Waals surface area contributed by atoms with Crippen molar-refractivity contribution in [3.8, 4) is 0 Å². The SMILES string of the molecule is COC(=O)[C@H]1[C@@H](c2ccc(C(C)C)c(I)c2)C[C@@H]2CC[C@H]1N2. The molecular formula is C18H24INO2. The van der Waals surface area contributed by atoms with Gasteiger partial charge >= 0.3 is 5.97 Å². The van der Waals surface area contributed by atoms with Gasteiger partial charge in [-0.15, -0.1) is 0 Å². The number of halogens is 1. The van der Waals surface area contributed by atoms with E-state index < -0.39 is 0 Å². The van der Waals surface area contributed by atoms with Crippen molar-refractivity contribution in [1.29, 1.82) is 0 Å². The quantitative estimate of drug-likeness (QED) is 0.605. The number of piperidine rings is 1. The second kappa shape index (κ2) is 6.48. The number of nitrogens with one attached hydrogen (secondary N) is 1. The molecule has 2 aliphatic rings. The topological polar surface area (TPSA) is 38.3 Å². The Morgan fingerprint density at radius 1 is 1.36 bits per heavy atom. The zero-order valence-corrected chi connectivity index (χ0v) is 15.6. The number of methoxy groups -OCH3 is 1. The Labute approximate surface area is 146 Å². The minimum Gasteiger partial charge on any atom is -0.469 e. The summed E-state index contributed by atoms with van der Waals surface area (Å²) in [6.45, 7) is 4.44. The monoisotopic (exact) mass is 413 g/mol. The number of hydrogen-bond acceptors (Lipinski definition) is 3. The molecule has 3 rings (SSSR count). The third-order valence-corrected chi connectivity index (χ3v) is 6.16. The Morgan fingerprint density at radius 2 is 2.14 bits per heavy atom. The number of carbonyl (C=O) groups is 1. The van der Waals surface area contributed by atoms with Crippen LogP contribution in [0.15, 0.2) is 18.2 Å². The van der Waals surface area contributed by atoms with Crippen LogP contribution in [0.5, 0.6) is 0 Å². The van der Waals surface area contributed by atoms with Crippen LogP contribution in [0, 0.1) is 9.49 Å². The fraction of sp³-hybridized carbons (Fsp3) is 0.611. The lowest BCUT2D eigenvalue weighted by Crippen LogP contribution is -2.48. The lowest BCUT2D eigenvalue weighted by molar-refractivity contribution is -0.148. The van der Waals surface area contributed by atoms with Crippen LogP contribution >= 0.6 is 22.6 Å². The summed E-state index contributed by atoms with van der Waals surface area (Å²) in [5, 5.41) is 3.60. The number of rotatable bonds is 3. The average Bonchev–Trinajstić information content (AvgIpc) is 2.87. The smallest absolute Gasteiger partial charge is 0.310 e. The van der Waals surface area contributed by atoms with Crippen molar-refractivity contribution in [1.82, 2.24) is 5.32 Å². The van der Waals surface area contributed by atoms with Crippen LogP contribution < -0.4 is 5.32 Å². The normalized spacial score (nSPS) is 30.6. The summed E-state index contributed by atoms with van der Waals surface area (Å²) in [5.74, 6) is 0.692. The van der Waals surface area contributed by atoms with E-state index in [1.54, 1.807) is 0 Å².